The number of rotatable bonds is 7. The number of carboxylic acid groups (broad SMARTS) is 1. The van der Waals surface area contributed by atoms with Crippen LogP contribution >= 0.6 is 11.8 Å². The molecule has 2 amide bonds. The van der Waals surface area contributed by atoms with Crippen LogP contribution in [0.2, 0.25) is 0 Å². The molecule has 0 aromatic heterocycles. The van der Waals surface area contributed by atoms with E-state index in [-0.39, 0.29) is 11.6 Å². The molecule has 0 aromatic carbocycles. The van der Waals surface area contributed by atoms with Crippen molar-refractivity contribution in [3.63, 3.8) is 0 Å². The van der Waals surface area contributed by atoms with Crippen molar-refractivity contribution in [2.75, 3.05) is 18.6 Å². The number of hydrogen-bond acceptors (Lipinski definition) is 3. The van der Waals surface area contributed by atoms with Gasteiger partial charge in [-0.05, 0) is 39.2 Å². The number of urea groups is 1. The maximum Gasteiger partial charge on any atom is 0.326 e. The van der Waals surface area contributed by atoms with E-state index in [9.17, 15) is 9.59 Å². The molecule has 0 aromatic rings. The molecule has 0 saturated heterocycles. The fourth-order valence-corrected chi connectivity index (χ4v) is 1.98. The molecular formula is C13H24N2O3S. The normalized spacial score (nSPS) is 12.6. The molecule has 1 unspecified atom stereocenters. The summed E-state index contributed by atoms with van der Waals surface area (Å²) in [6, 6.07) is -1.23. The molecule has 2 N–H and O–H groups in total. The first-order valence-electron chi connectivity index (χ1n) is 6.14. The molecule has 0 aliphatic carbocycles. The number of amides is 2. The molecule has 0 rings (SSSR count). The molecule has 0 radical (unpaired) electrons. The Kier molecular flexibility index (Phi) is 7.59. The second-order valence-corrected chi connectivity index (χ2v) is 6.18. The Labute approximate surface area is 119 Å². The SMILES string of the molecule is C=CCN(C(=O)NC(CCSC)C(=O)O)C(C)(C)C. The van der Waals surface area contributed by atoms with Crippen molar-refractivity contribution in [1.29, 1.82) is 0 Å². The van der Waals surface area contributed by atoms with Crippen LogP contribution in [0.5, 0.6) is 0 Å². The van der Waals surface area contributed by atoms with Gasteiger partial charge < -0.3 is 15.3 Å². The second-order valence-electron chi connectivity index (χ2n) is 5.19. The maximum absolute atomic E-state index is 12.2. The van der Waals surface area contributed by atoms with Crippen LogP contribution in [0, 0.1) is 0 Å². The molecule has 110 valence electrons. The standard InChI is InChI=1S/C13H24N2O3S/c1-6-8-15(13(2,3)4)12(18)14-10(11(16)17)7-9-19-5/h6,10H,1,7-9H2,2-5H3,(H,14,18)(H,16,17). The molecule has 5 nitrogen and oxygen atoms in total. The maximum atomic E-state index is 12.2. The summed E-state index contributed by atoms with van der Waals surface area (Å²) in [4.78, 5) is 24.8. The van der Waals surface area contributed by atoms with E-state index in [0.29, 0.717) is 18.7 Å². The van der Waals surface area contributed by atoms with Gasteiger partial charge in [0.2, 0.25) is 0 Å². The summed E-state index contributed by atoms with van der Waals surface area (Å²) in [5.41, 5.74) is -0.388. The number of carbonyl (C=O) groups excluding carboxylic acids is 1. The number of nitrogens with zero attached hydrogens (tertiary/aromatic N) is 1. The number of thioether (sulfide) groups is 1. The van der Waals surface area contributed by atoms with Crippen molar-refractivity contribution in [1.82, 2.24) is 10.2 Å². The summed E-state index contributed by atoms with van der Waals surface area (Å²) < 4.78 is 0. The van der Waals surface area contributed by atoms with Crippen LogP contribution in [-0.4, -0.2) is 52.1 Å². The number of nitrogens with one attached hydrogen (secondary N) is 1. The summed E-state index contributed by atoms with van der Waals surface area (Å²) in [5.74, 6) is -0.316. The Balaban J connectivity index is 4.75. The first-order valence-corrected chi connectivity index (χ1v) is 7.54. The molecule has 6 heteroatoms. The lowest BCUT2D eigenvalue weighted by Crippen LogP contribution is -2.54. The predicted molar refractivity (Wildman–Crippen MR) is 79.6 cm³/mol. The fourth-order valence-electron chi connectivity index (χ4n) is 1.51. The van der Waals surface area contributed by atoms with Crippen LogP contribution in [0.4, 0.5) is 4.79 Å². The van der Waals surface area contributed by atoms with Crippen LogP contribution in [-0.2, 0) is 4.79 Å². The number of carboxylic acids is 1. The summed E-state index contributed by atoms with van der Waals surface area (Å²) in [6.45, 7) is 9.69. The molecule has 0 spiro atoms. The third-order valence-electron chi connectivity index (χ3n) is 2.57. The Hall–Kier alpha value is -1.17. The minimum Gasteiger partial charge on any atom is -0.480 e. The van der Waals surface area contributed by atoms with Gasteiger partial charge in [-0.15, -0.1) is 6.58 Å². The quantitative estimate of drug-likeness (QED) is 0.705. The van der Waals surface area contributed by atoms with Crippen molar-refractivity contribution in [2.24, 2.45) is 0 Å². The van der Waals surface area contributed by atoms with Crippen molar-refractivity contribution in [3.05, 3.63) is 12.7 Å². The lowest BCUT2D eigenvalue weighted by atomic mass is 10.1. The fraction of sp³-hybridized carbons (Fsp3) is 0.692. The van der Waals surface area contributed by atoms with Gasteiger partial charge in [0.15, 0.2) is 0 Å². The molecule has 0 aliphatic heterocycles. The molecular weight excluding hydrogens is 264 g/mol. The van der Waals surface area contributed by atoms with E-state index in [0.717, 1.165) is 0 Å². The smallest absolute Gasteiger partial charge is 0.326 e. The van der Waals surface area contributed by atoms with Crippen LogP contribution < -0.4 is 5.32 Å². The highest BCUT2D eigenvalue weighted by atomic mass is 32.2. The van der Waals surface area contributed by atoms with E-state index >= 15 is 0 Å². The minimum atomic E-state index is -1.00. The van der Waals surface area contributed by atoms with Crippen molar-refractivity contribution >= 4 is 23.8 Å². The van der Waals surface area contributed by atoms with Gasteiger partial charge in [-0.1, -0.05) is 6.08 Å². The molecule has 0 heterocycles. The zero-order valence-electron chi connectivity index (χ0n) is 12.1. The first kappa shape index (κ1) is 17.8. The predicted octanol–water partition coefficient (Wildman–Crippen LogP) is 2.19. The van der Waals surface area contributed by atoms with Crippen LogP contribution in [0.3, 0.4) is 0 Å². The molecule has 0 saturated carbocycles. The summed E-state index contributed by atoms with van der Waals surface area (Å²) in [5, 5.41) is 11.7. The van der Waals surface area contributed by atoms with Gasteiger partial charge >= 0.3 is 12.0 Å². The Bertz CT molecular complexity index is 326. The molecule has 0 aliphatic rings. The lowest BCUT2D eigenvalue weighted by molar-refractivity contribution is -0.139. The van der Waals surface area contributed by atoms with Gasteiger partial charge in [0.25, 0.3) is 0 Å². The van der Waals surface area contributed by atoms with Gasteiger partial charge in [0.1, 0.15) is 6.04 Å². The summed E-state index contributed by atoms with van der Waals surface area (Å²) in [6.07, 6.45) is 3.94. The highest BCUT2D eigenvalue weighted by molar-refractivity contribution is 7.98. The number of hydrogen-bond donors (Lipinski definition) is 2. The Morgan fingerprint density at radius 1 is 1.47 bits per heavy atom. The zero-order valence-corrected chi connectivity index (χ0v) is 12.9. The van der Waals surface area contributed by atoms with Crippen molar-refractivity contribution < 1.29 is 14.7 Å². The van der Waals surface area contributed by atoms with Gasteiger partial charge in [0, 0.05) is 12.1 Å². The molecule has 0 fully saturated rings. The third kappa shape index (κ3) is 6.52. The average molecular weight is 288 g/mol. The topological polar surface area (TPSA) is 69.6 Å². The highest BCUT2D eigenvalue weighted by Gasteiger charge is 2.28. The lowest BCUT2D eigenvalue weighted by Gasteiger charge is -2.35. The summed E-state index contributed by atoms with van der Waals surface area (Å²) in [7, 11) is 0. The van der Waals surface area contributed by atoms with E-state index in [1.807, 2.05) is 27.0 Å². The molecule has 19 heavy (non-hydrogen) atoms. The van der Waals surface area contributed by atoms with Gasteiger partial charge in [-0.3, -0.25) is 0 Å². The van der Waals surface area contributed by atoms with E-state index in [4.69, 9.17) is 5.11 Å². The minimum absolute atomic E-state index is 0.374. The zero-order chi connectivity index (χ0) is 15.1. The van der Waals surface area contributed by atoms with Crippen LogP contribution in [0.15, 0.2) is 12.7 Å². The van der Waals surface area contributed by atoms with Gasteiger partial charge in [-0.2, -0.15) is 11.8 Å². The third-order valence-corrected chi connectivity index (χ3v) is 3.22. The average Bonchev–Trinajstić information content (AvgIpc) is 2.29. The first-order chi connectivity index (χ1) is 8.73. The Morgan fingerprint density at radius 3 is 2.42 bits per heavy atom. The molecule has 1 atom stereocenters. The van der Waals surface area contributed by atoms with Crippen LogP contribution in [0.25, 0.3) is 0 Å². The van der Waals surface area contributed by atoms with E-state index < -0.39 is 12.0 Å². The van der Waals surface area contributed by atoms with Crippen molar-refractivity contribution in [3.8, 4) is 0 Å². The number of aliphatic carboxylic acids is 1. The molecule has 0 bridgehead atoms. The number of carbonyl (C=O) groups is 2. The van der Waals surface area contributed by atoms with E-state index in [1.165, 1.54) is 0 Å². The van der Waals surface area contributed by atoms with Gasteiger partial charge in [-0.25, -0.2) is 9.59 Å². The highest BCUT2D eigenvalue weighted by Crippen LogP contribution is 2.13. The largest absolute Gasteiger partial charge is 0.480 e. The van der Waals surface area contributed by atoms with E-state index in [2.05, 4.69) is 11.9 Å². The second kappa shape index (κ2) is 8.09. The van der Waals surface area contributed by atoms with Gasteiger partial charge in [0.05, 0.1) is 0 Å². The van der Waals surface area contributed by atoms with Crippen LogP contribution in [0.1, 0.15) is 27.2 Å². The summed E-state index contributed by atoms with van der Waals surface area (Å²) >= 11 is 1.55. The monoisotopic (exact) mass is 288 g/mol. The Morgan fingerprint density at radius 2 is 2.05 bits per heavy atom. The van der Waals surface area contributed by atoms with Crippen molar-refractivity contribution in [2.45, 2.75) is 38.8 Å². The van der Waals surface area contributed by atoms with E-state index in [1.54, 1.807) is 22.7 Å².